The van der Waals surface area contributed by atoms with Crippen molar-refractivity contribution in [3.05, 3.63) is 27.8 Å². The minimum atomic E-state index is 0.631. The molecule has 3 heteroatoms. The molecule has 0 radical (unpaired) electrons. The monoisotopic (exact) mass is 358 g/mol. The second-order valence-corrected chi connectivity index (χ2v) is 6.66. The third-order valence-corrected chi connectivity index (χ3v) is 4.36. The lowest BCUT2D eigenvalue weighted by molar-refractivity contribution is 0.230. The highest BCUT2D eigenvalue weighted by Gasteiger charge is 2.18. The Balaban J connectivity index is 1.91. The fraction of sp³-hybridized carbons (Fsp3) is 0.600. The van der Waals surface area contributed by atoms with Gasteiger partial charge in [-0.1, -0.05) is 6.07 Å². The number of benzene rings is 1. The van der Waals surface area contributed by atoms with E-state index in [1.54, 1.807) is 0 Å². The number of hydrogen-bond acceptors (Lipinski definition) is 2. The summed E-state index contributed by atoms with van der Waals surface area (Å²) in [5.41, 5.74) is 1.27. The van der Waals surface area contributed by atoms with E-state index in [4.69, 9.17) is 0 Å². The zero-order valence-electron chi connectivity index (χ0n) is 11.3. The highest BCUT2D eigenvalue weighted by molar-refractivity contribution is 14.1. The first-order valence-corrected chi connectivity index (χ1v) is 7.99. The molecular formula is C15H23IN2. The second-order valence-electron chi connectivity index (χ2n) is 5.41. The van der Waals surface area contributed by atoms with E-state index in [-0.39, 0.29) is 0 Å². The molecule has 0 spiro atoms. The van der Waals surface area contributed by atoms with Crippen LogP contribution in [0.15, 0.2) is 24.3 Å². The number of anilines is 1. The SMILES string of the molecule is CC(C)N1CCCC(Nc2cccc(I)c2)CC1. The summed E-state index contributed by atoms with van der Waals surface area (Å²) >= 11 is 2.37. The summed E-state index contributed by atoms with van der Waals surface area (Å²) in [7, 11) is 0. The van der Waals surface area contributed by atoms with Crippen LogP contribution < -0.4 is 5.32 Å². The number of hydrogen-bond donors (Lipinski definition) is 1. The summed E-state index contributed by atoms with van der Waals surface area (Å²) in [6.07, 6.45) is 3.85. The van der Waals surface area contributed by atoms with Crippen LogP contribution in [0.4, 0.5) is 5.69 Å². The van der Waals surface area contributed by atoms with E-state index in [1.807, 2.05) is 0 Å². The van der Waals surface area contributed by atoms with Crippen LogP contribution in [0, 0.1) is 3.57 Å². The molecule has 1 aliphatic rings. The summed E-state index contributed by atoms with van der Waals surface area (Å²) in [5, 5.41) is 3.69. The highest BCUT2D eigenvalue weighted by atomic mass is 127. The Morgan fingerprint density at radius 2 is 2.11 bits per heavy atom. The number of nitrogens with zero attached hydrogens (tertiary/aromatic N) is 1. The number of rotatable bonds is 3. The molecule has 2 rings (SSSR count). The van der Waals surface area contributed by atoms with Gasteiger partial charge in [-0.05, 0) is 80.4 Å². The molecule has 0 bridgehead atoms. The van der Waals surface area contributed by atoms with Gasteiger partial charge in [-0.3, -0.25) is 0 Å². The Bertz CT molecular complexity index is 379. The summed E-state index contributed by atoms with van der Waals surface area (Å²) < 4.78 is 1.30. The largest absolute Gasteiger partial charge is 0.382 e. The van der Waals surface area contributed by atoms with E-state index in [9.17, 15) is 0 Å². The number of halogens is 1. The third-order valence-electron chi connectivity index (χ3n) is 3.69. The molecule has 0 aliphatic carbocycles. The Hall–Kier alpha value is -0.290. The normalized spacial score (nSPS) is 21.9. The zero-order chi connectivity index (χ0) is 13.0. The van der Waals surface area contributed by atoms with Gasteiger partial charge in [-0.25, -0.2) is 0 Å². The summed E-state index contributed by atoms with van der Waals surface area (Å²) in [6, 6.07) is 9.98. The van der Waals surface area contributed by atoms with Gasteiger partial charge in [0.1, 0.15) is 0 Å². The van der Waals surface area contributed by atoms with Gasteiger partial charge in [0, 0.05) is 27.9 Å². The minimum Gasteiger partial charge on any atom is -0.382 e. The Morgan fingerprint density at radius 3 is 2.83 bits per heavy atom. The van der Waals surface area contributed by atoms with Crippen molar-refractivity contribution in [3.8, 4) is 0 Å². The summed E-state index contributed by atoms with van der Waals surface area (Å²) in [6.45, 7) is 7.07. The van der Waals surface area contributed by atoms with Crippen LogP contribution in [-0.2, 0) is 0 Å². The molecule has 2 nitrogen and oxygen atoms in total. The van der Waals surface area contributed by atoms with E-state index in [0.717, 1.165) is 0 Å². The van der Waals surface area contributed by atoms with Gasteiger partial charge >= 0.3 is 0 Å². The average Bonchev–Trinajstić information content (AvgIpc) is 2.55. The predicted molar refractivity (Wildman–Crippen MR) is 87.1 cm³/mol. The molecule has 1 N–H and O–H groups in total. The molecule has 1 heterocycles. The first kappa shape index (κ1) is 14.1. The fourth-order valence-corrected chi connectivity index (χ4v) is 3.14. The number of nitrogens with one attached hydrogen (secondary N) is 1. The van der Waals surface area contributed by atoms with E-state index in [1.165, 1.54) is 41.6 Å². The lowest BCUT2D eigenvalue weighted by atomic mass is 10.1. The number of likely N-dealkylation sites (tertiary alicyclic amines) is 1. The predicted octanol–water partition coefficient (Wildman–Crippen LogP) is 3.97. The zero-order valence-corrected chi connectivity index (χ0v) is 13.5. The minimum absolute atomic E-state index is 0.631. The molecule has 0 amide bonds. The lowest BCUT2D eigenvalue weighted by Gasteiger charge is -2.24. The van der Waals surface area contributed by atoms with E-state index in [0.29, 0.717) is 12.1 Å². The standard InChI is InChI=1S/C15H23IN2/c1-12(2)18-9-4-7-14(8-10-18)17-15-6-3-5-13(16)11-15/h3,5-6,11-12,14,17H,4,7-10H2,1-2H3. The topological polar surface area (TPSA) is 15.3 Å². The summed E-state index contributed by atoms with van der Waals surface area (Å²) in [5.74, 6) is 0. The van der Waals surface area contributed by atoms with Crippen molar-refractivity contribution < 1.29 is 0 Å². The van der Waals surface area contributed by atoms with Crippen molar-refractivity contribution in [2.24, 2.45) is 0 Å². The van der Waals surface area contributed by atoms with Gasteiger partial charge in [0.25, 0.3) is 0 Å². The van der Waals surface area contributed by atoms with Crippen molar-refractivity contribution in [1.82, 2.24) is 4.90 Å². The molecule has 100 valence electrons. The average molecular weight is 358 g/mol. The molecule has 1 aliphatic heterocycles. The van der Waals surface area contributed by atoms with Crippen LogP contribution in [0.3, 0.4) is 0 Å². The maximum atomic E-state index is 3.69. The van der Waals surface area contributed by atoms with Gasteiger partial charge in [0.15, 0.2) is 0 Å². The molecule has 1 aromatic rings. The van der Waals surface area contributed by atoms with Crippen LogP contribution in [0.2, 0.25) is 0 Å². The first-order valence-electron chi connectivity index (χ1n) is 6.91. The Kier molecular flexibility index (Phi) is 5.30. The van der Waals surface area contributed by atoms with Crippen molar-refractivity contribution >= 4 is 28.3 Å². The quantitative estimate of drug-likeness (QED) is 0.823. The maximum Gasteiger partial charge on any atom is 0.0352 e. The Labute approximate surface area is 124 Å². The Morgan fingerprint density at radius 1 is 1.28 bits per heavy atom. The van der Waals surface area contributed by atoms with Gasteiger partial charge in [-0.15, -0.1) is 0 Å². The van der Waals surface area contributed by atoms with Gasteiger partial charge in [-0.2, -0.15) is 0 Å². The van der Waals surface area contributed by atoms with Crippen molar-refractivity contribution in [3.63, 3.8) is 0 Å². The van der Waals surface area contributed by atoms with Crippen LogP contribution in [-0.4, -0.2) is 30.1 Å². The third kappa shape index (κ3) is 4.12. The van der Waals surface area contributed by atoms with Crippen LogP contribution in [0.5, 0.6) is 0 Å². The van der Waals surface area contributed by atoms with E-state index < -0.39 is 0 Å². The molecule has 1 fully saturated rings. The molecule has 1 aromatic carbocycles. The molecule has 1 saturated heterocycles. The smallest absolute Gasteiger partial charge is 0.0352 e. The molecule has 0 aromatic heterocycles. The van der Waals surface area contributed by atoms with Gasteiger partial charge < -0.3 is 10.2 Å². The van der Waals surface area contributed by atoms with Crippen LogP contribution in [0.1, 0.15) is 33.1 Å². The molecular weight excluding hydrogens is 335 g/mol. The van der Waals surface area contributed by atoms with Crippen molar-refractivity contribution in [2.75, 3.05) is 18.4 Å². The van der Waals surface area contributed by atoms with Crippen molar-refractivity contribution in [1.29, 1.82) is 0 Å². The van der Waals surface area contributed by atoms with Gasteiger partial charge in [0.05, 0.1) is 0 Å². The molecule has 1 atom stereocenters. The fourth-order valence-electron chi connectivity index (χ4n) is 2.59. The van der Waals surface area contributed by atoms with Crippen molar-refractivity contribution in [2.45, 2.75) is 45.2 Å². The summed E-state index contributed by atoms with van der Waals surface area (Å²) in [4.78, 5) is 2.59. The maximum absolute atomic E-state index is 3.69. The van der Waals surface area contributed by atoms with E-state index in [2.05, 4.69) is 70.9 Å². The van der Waals surface area contributed by atoms with Gasteiger partial charge in [0.2, 0.25) is 0 Å². The lowest BCUT2D eigenvalue weighted by Crippen LogP contribution is -2.32. The second kappa shape index (κ2) is 6.75. The van der Waals surface area contributed by atoms with Crippen LogP contribution in [0.25, 0.3) is 0 Å². The molecule has 18 heavy (non-hydrogen) atoms. The molecule has 1 unspecified atom stereocenters. The highest BCUT2D eigenvalue weighted by Crippen LogP contribution is 2.19. The first-order chi connectivity index (χ1) is 8.65. The van der Waals surface area contributed by atoms with Crippen LogP contribution >= 0.6 is 22.6 Å². The molecule has 0 saturated carbocycles. The van der Waals surface area contributed by atoms with E-state index >= 15 is 0 Å².